The van der Waals surface area contributed by atoms with Crippen LogP contribution in [0.15, 0.2) is 54.6 Å². The van der Waals surface area contributed by atoms with Gasteiger partial charge in [0.05, 0.1) is 30.3 Å². The first-order valence-electron chi connectivity index (χ1n) is 10.4. The lowest BCUT2D eigenvalue weighted by Crippen LogP contribution is -2.52. The van der Waals surface area contributed by atoms with E-state index in [1.807, 2.05) is 26.0 Å². The minimum Gasteiger partial charge on any atom is -0.370 e. The molecule has 0 unspecified atom stereocenters. The SMILES string of the molecule is CC1(C)O[C@@H]2[C@@H](CNC(=O)c3ccccc3C#N)OC[C@]2(CNC(=O)c2ccccc2)O1. The zero-order chi connectivity index (χ0) is 22.8. The van der Waals surface area contributed by atoms with E-state index >= 15 is 0 Å². The summed E-state index contributed by atoms with van der Waals surface area (Å²) in [7, 11) is 0. The summed E-state index contributed by atoms with van der Waals surface area (Å²) in [5, 5.41) is 15.0. The number of amides is 2. The van der Waals surface area contributed by atoms with Crippen molar-refractivity contribution in [2.24, 2.45) is 0 Å². The van der Waals surface area contributed by atoms with Crippen LogP contribution in [0.5, 0.6) is 0 Å². The highest BCUT2D eigenvalue weighted by Gasteiger charge is 2.61. The fourth-order valence-corrected chi connectivity index (χ4v) is 4.19. The number of hydrogen-bond donors (Lipinski definition) is 2. The molecule has 0 aliphatic carbocycles. The minimum atomic E-state index is -0.867. The van der Waals surface area contributed by atoms with E-state index in [0.29, 0.717) is 16.7 Å². The van der Waals surface area contributed by atoms with Crippen LogP contribution in [-0.2, 0) is 14.2 Å². The van der Waals surface area contributed by atoms with Gasteiger partial charge in [-0.25, -0.2) is 0 Å². The Morgan fingerprint density at radius 3 is 2.53 bits per heavy atom. The van der Waals surface area contributed by atoms with Crippen molar-refractivity contribution < 1.29 is 23.8 Å². The van der Waals surface area contributed by atoms with Crippen molar-refractivity contribution in [3.05, 3.63) is 71.3 Å². The summed E-state index contributed by atoms with van der Waals surface area (Å²) in [5.74, 6) is -1.43. The average Bonchev–Trinajstić information content (AvgIpc) is 3.26. The molecular formula is C24H25N3O5. The van der Waals surface area contributed by atoms with E-state index in [1.54, 1.807) is 48.5 Å². The van der Waals surface area contributed by atoms with E-state index < -0.39 is 23.6 Å². The van der Waals surface area contributed by atoms with Gasteiger partial charge in [0.2, 0.25) is 0 Å². The number of nitrogens with zero attached hydrogens (tertiary/aromatic N) is 1. The van der Waals surface area contributed by atoms with Crippen LogP contribution in [0.4, 0.5) is 0 Å². The second kappa shape index (κ2) is 8.71. The molecule has 3 atom stereocenters. The highest BCUT2D eigenvalue weighted by atomic mass is 16.8. The monoisotopic (exact) mass is 435 g/mol. The summed E-state index contributed by atoms with van der Waals surface area (Å²) in [5.41, 5.74) is 0.293. The molecule has 2 heterocycles. The summed E-state index contributed by atoms with van der Waals surface area (Å²) in [6, 6.07) is 17.6. The lowest BCUT2D eigenvalue weighted by Gasteiger charge is -2.27. The van der Waals surface area contributed by atoms with Crippen molar-refractivity contribution >= 4 is 11.8 Å². The van der Waals surface area contributed by atoms with Crippen molar-refractivity contribution in [2.45, 2.75) is 37.4 Å². The van der Waals surface area contributed by atoms with Crippen LogP contribution in [0.3, 0.4) is 0 Å². The Balaban J connectivity index is 1.43. The first-order valence-corrected chi connectivity index (χ1v) is 10.4. The Labute approximate surface area is 186 Å². The Morgan fingerprint density at radius 2 is 1.78 bits per heavy atom. The molecule has 0 aromatic heterocycles. The second-order valence-electron chi connectivity index (χ2n) is 8.37. The predicted octanol–water partition coefficient (Wildman–Crippen LogP) is 2.01. The van der Waals surface area contributed by atoms with Crippen molar-refractivity contribution in [1.29, 1.82) is 5.26 Å². The van der Waals surface area contributed by atoms with Crippen molar-refractivity contribution in [3.63, 3.8) is 0 Å². The predicted molar refractivity (Wildman–Crippen MR) is 115 cm³/mol. The summed E-state index contributed by atoms with van der Waals surface area (Å²) in [6.45, 7) is 4.22. The number of fused-ring (bicyclic) bond motifs is 1. The molecule has 2 aromatic rings. The molecule has 8 nitrogen and oxygen atoms in total. The number of benzene rings is 2. The van der Waals surface area contributed by atoms with Gasteiger partial charge in [0.1, 0.15) is 17.8 Å². The molecule has 2 saturated heterocycles. The third-order valence-corrected chi connectivity index (χ3v) is 5.60. The number of ether oxygens (including phenoxy) is 3. The lowest BCUT2D eigenvalue weighted by molar-refractivity contribution is -0.188. The molecule has 2 amide bonds. The first kappa shape index (κ1) is 22.0. The molecule has 2 aromatic carbocycles. The highest BCUT2D eigenvalue weighted by Crippen LogP contribution is 2.43. The van der Waals surface area contributed by atoms with Gasteiger partial charge in [0, 0.05) is 12.1 Å². The number of hydrogen-bond acceptors (Lipinski definition) is 6. The molecule has 0 radical (unpaired) electrons. The van der Waals surface area contributed by atoms with Crippen molar-refractivity contribution in [1.82, 2.24) is 10.6 Å². The normalized spacial score (nSPS) is 25.5. The highest BCUT2D eigenvalue weighted by molar-refractivity contribution is 5.96. The molecule has 4 rings (SSSR count). The zero-order valence-corrected chi connectivity index (χ0v) is 18.0. The van der Waals surface area contributed by atoms with Crippen LogP contribution in [0.1, 0.15) is 40.1 Å². The third-order valence-electron chi connectivity index (χ3n) is 5.60. The fraction of sp³-hybridized carbons (Fsp3) is 0.375. The largest absolute Gasteiger partial charge is 0.370 e. The fourth-order valence-electron chi connectivity index (χ4n) is 4.19. The quantitative estimate of drug-likeness (QED) is 0.718. The Hall–Kier alpha value is -3.25. The van der Waals surface area contributed by atoms with Gasteiger partial charge in [0.25, 0.3) is 11.8 Å². The van der Waals surface area contributed by atoms with Crippen molar-refractivity contribution in [2.75, 3.05) is 19.7 Å². The number of carbonyl (C=O) groups is 2. The minimum absolute atomic E-state index is 0.178. The molecule has 8 heteroatoms. The third kappa shape index (κ3) is 4.36. The topological polar surface area (TPSA) is 110 Å². The van der Waals surface area contributed by atoms with Crippen LogP contribution in [0.2, 0.25) is 0 Å². The van der Waals surface area contributed by atoms with Crippen LogP contribution in [0.25, 0.3) is 0 Å². The van der Waals surface area contributed by atoms with Crippen LogP contribution < -0.4 is 10.6 Å². The van der Waals surface area contributed by atoms with E-state index in [2.05, 4.69) is 10.6 Å². The molecule has 0 saturated carbocycles. The molecule has 166 valence electrons. The van der Waals surface area contributed by atoms with Gasteiger partial charge in [-0.15, -0.1) is 0 Å². The standard InChI is InChI=1S/C24H25N3O5/c1-23(2)31-20-19(13-26-22(29)18-11-7-6-10-17(18)12-25)30-15-24(20,32-23)14-27-21(28)16-8-4-3-5-9-16/h3-11,19-20H,13-15H2,1-2H3,(H,26,29)(H,27,28)/t19-,20-,24+/m1/s1. The van der Waals surface area contributed by atoms with Gasteiger partial charge in [-0.3, -0.25) is 9.59 Å². The van der Waals surface area contributed by atoms with Crippen molar-refractivity contribution in [3.8, 4) is 6.07 Å². The van der Waals surface area contributed by atoms with Gasteiger partial charge in [-0.2, -0.15) is 5.26 Å². The van der Waals surface area contributed by atoms with Gasteiger partial charge in [0.15, 0.2) is 5.79 Å². The summed E-state index contributed by atoms with van der Waals surface area (Å²) >= 11 is 0. The zero-order valence-electron chi connectivity index (χ0n) is 18.0. The number of nitrogens with one attached hydrogen (secondary N) is 2. The van der Waals surface area contributed by atoms with Gasteiger partial charge in [-0.1, -0.05) is 30.3 Å². The Kier molecular flexibility index (Phi) is 5.98. The van der Waals surface area contributed by atoms with Gasteiger partial charge >= 0.3 is 0 Å². The molecule has 2 aliphatic rings. The molecule has 2 fully saturated rings. The second-order valence-corrected chi connectivity index (χ2v) is 8.37. The number of carbonyl (C=O) groups excluding carboxylic acids is 2. The molecule has 2 aliphatic heterocycles. The summed E-state index contributed by atoms with van der Waals surface area (Å²) in [6.07, 6.45) is -0.955. The maximum atomic E-state index is 12.6. The van der Waals surface area contributed by atoms with Crippen LogP contribution in [0, 0.1) is 11.3 Å². The first-order chi connectivity index (χ1) is 15.3. The van der Waals surface area contributed by atoms with E-state index in [-0.39, 0.29) is 31.5 Å². The number of nitriles is 1. The van der Waals surface area contributed by atoms with E-state index in [4.69, 9.17) is 14.2 Å². The maximum absolute atomic E-state index is 12.6. The Bertz CT molecular complexity index is 1050. The lowest BCUT2D eigenvalue weighted by atomic mass is 9.96. The maximum Gasteiger partial charge on any atom is 0.252 e. The van der Waals surface area contributed by atoms with Crippen LogP contribution >= 0.6 is 0 Å². The van der Waals surface area contributed by atoms with E-state index in [0.717, 1.165) is 0 Å². The smallest absolute Gasteiger partial charge is 0.252 e. The molecule has 0 bridgehead atoms. The Morgan fingerprint density at radius 1 is 1.06 bits per heavy atom. The average molecular weight is 435 g/mol. The summed E-state index contributed by atoms with van der Waals surface area (Å²) < 4.78 is 18.2. The summed E-state index contributed by atoms with van der Waals surface area (Å²) in [4.78, 5) is 25.1. The molecular weight excluding hydrogens is 410 g/mol. The van der Waals surface area contributed by atoms with Crippen LogP contribution in [-0.4, -0.2) is 55.1 Å². The molecule has 2 N–H and O–H groups in total. The van der Waals surface area contributed by atoms with Gasteiger partial charge < -0.3 is 24.8 Å². The van der Waals surface area contributed by atoms with E-state index in [9.17, 15) is 14.9 Å². The van der Waals surface area contributed by atoms with E-state index in [1.165, 1.54) is 0 Å². The number of rotatable bonds is 6. The molecule has 32 heavy (non-hydrogen) atoms. The van der Waals surface area contributed by atoms with Gasteiger partial charge in [-0.05, 0) is 38.1 Å². The molecule has 0 spiro atoms.